The van der Waals surface area contributed by atoms with Gasteiger partial charge in [0.1, 0.15) is 11.5 Å². The number of halogens is 3. The molecule has 100 valence electrons. The summed E-state index contributed by atoms with van der Waals surface area (Å²) in [5.41, 5.74) is 1.16. The molecule has 0 heterocycles. The van der Waals surface area contributed by atoms with E-state index in [1.165, 1.54) is 0 Å². The summed E-state index contributed by atoms with van der Waals surface area (Å²) in [4.78, 5) is 0. The molecule has 0 bridgehead atoms. The second-order valence-electron chi connectivity index (χ2n) is 3.96. The standard InChI is InChI=1S/C14H12BrCl2NO/c1-18-8-9-2-4-11(7-12(9)15)19-14-5-3-10(16)6-13(14)17/h2-7,18H,8H2,1H3. The van der Waals surface area contributed by atoms with Gasteiger partial charge in [0.05, 0.1) is 5.02 Å². The third-order valence-electron chi connectivity index (χ3n) is 2.51. The molecule has 2 aromatic rings. The Bertz CT molecular complexity index is 590. The Morgan fingerprint density at radius 2 is 1.95 bits per heavy atom. The van der Waals surface area contributed by atoms with Crippen molar-refractivity contribution in [1.29, 1.82) is 0 Å². The highest BCUT2D eigenvalue weighted by atomic mass is 79.9. The van der Waals surface area contributed by atoms with Gasteiger partial charge < -0.3 is 10.1 Å². The molecule has 0 saturated carbocycles. The Balaban J connectivity index is 2.21. The van der Waals surface area contributed by atoms with Crippen LogP contribution >= 0.6 is 39.1 Å². The van der Waals surface area contributed by atoms with Gasteiger partial charge in [0, 0.05) is 16.0 Å². The number of hydrogen-bond donors (Lipinski definition) is 1. The summed E-state index contributed by atoms with van der Waals surface area (Å²) in [6, 6.07) is 11.0. The van der Waals surface area contributed by atoms with Crippen LogP contribution < -0.4 is 10.1 Å². The first-order valence-corrected chi connectivity index (χ1v) is 7.21. The van der Waals surface area contributed by atoms with Crippen molar-refractivity contribution in [3.8, 4) is 11.5 Å². The molecule has 0 unspecified atom stereocenters. The van der Waals surface area contributed by atoms with Crippen LogP contribution in [0, 0.1) is 0 Å². The quantitative estimate of drug-likeness (QED) is 0.802. The summed E-state index contributed by atoms with van der Waals surface area (Å²) in [7, 11) is 1.91. The van der Waals surface area contributed by atoms with Crippen molar-refractivity contribution in [3.05, 3.63) is 56.5 Å². The van der Waals surface area contributed by atoms with Crippen molar-refractivity contribution in [2.24, 2.45) is 0 Å². The Morgan fingerprint density at radius 1 is 1.16 bits per heavy atom. The number of hydrogen-bond acceptors (Lipinski definition) is 2. The molecule has 19 heavy (non-hydrogen) atoms. The predicted molar refractivity (Wildman–Crippen MR) is 83.4 cm³/mol. The molecule has 0 atom stereocenters. The monoisotopic (exact) mass is 359 g/mol. The summed E-state index contributed by atoms with van der Waals surface area (Å²) < 4.78 is 6.73. The van der Waals surface area contributed by atoms with Crippen molar-refractivity contribution in [1.82, 2.24) is 5.32 Å². The van der Waals surface area contributed by atoms with Crippen LogP contribution in [-0.4, -0.2) is 7.05 Å². The summed E-state index contributed by atoms with van der Waals surface area (Å²) in [5, 5.41) is 4.18. The van der Waals surface area contributed by atoms with Crippen molar-refractivity contribution < 1.29 is 4.74 Å². The molecule has 0 aliphatic heterocycles. The maximum absolute atomic E-state index is 6.07. The van der Waals surface area contributed by atoms with Crippen LogP contribution in [0.1, 0.15) is 5.56 Å². The summed E-state index contributed by atoms with van der Waals surface area (Å²) in [6.45, 7) is 0.794. The average molecular weight is 361 g/mol. The van der Waals surface area contributed by atoms with Gasteiger partial charge in [-0.2, -0.15) is 0 Å². The average Bonchev–Trinajstić information content (AvgIpc) is 2.36. The van der Waals surface area contributed by atoms with E-state index in [2.05, 4.69) is 21.2 Å². The first kappa shape index (κ1) is 14.7. The molecule has 0 aliphatic carbocycles. The molecule has 0 aromatic heterocycles. The lowest BCUT2D eigenvalue weighted by Gasteiger charge is -2.10. The zero-order valence-electron chi connectivity index (χ0n) is 10.2. The number of ether oxygens (including phenoxy) is 1. The minimum absolute atomic E-state index is 0.489. The smallest absolute Gasteiger partial charge is 0.146 e. The van der Waals surface area contributed by atoms with Gasteiger partial charge in [-0.15, -0.1) is 0 Å². The second-order valence-corrected chi connectivity index (χ2v) is 5.66. The minimum Gasteiger partial charge on any atom is -0.456 e. The van der Waals surface area contributed by atoms with E-state index in [1.807, 2.05) is 25.2 Å². The highest BCUT2D eigenvalue weighted by Crippen LogP contribution is 2.33. The summed E-state index contributed by atoms with van der Waals surface area (Å²) in [6.07, 6.45) is 0. The third kappa shape index (κ3) is 3.86. The highest BCUT2D eigenvalue weighted by Gasteiger charge is 2.06. The van der Waals surface area contributed by atoms with Gasteiger partial charge in [-0.1, -0.05) is 45.2 Å². The molecule has 1 N–H and O–H groups in total. The summed E-state index contributed by atoms with van der Waals surface area (Å²) in [5.74, 6) is 1.30. The topological polar surface area (TPSA) is 21.3 Å². The Hall–Kier alpha value is -0.740. The van der Waals surface area contributed by atoms with E-state index in [9.17, 15) is 0 Å². The van der Waals surface area contributed by atoms with E-state index in [4.69, 9.17) is 27.9 Å². The Labute approximate surface area is 130 Å². The van der Waals surface area contributed by atoms with Crippen molar-refractivity contribution in [2.45, 2.75) is 6.54 Å². The molecule has 2 aromatic carbocycles. The zero-order valence-corrected chi connectivity index (χ0v) is 13.3. The van der Waals surface area contributed by atoms with Crippen LogP contribution in [0.4, 0.5) is 0 Å². The normalized spacial score (nSPS) is 10.5. The van der Waals surface area contributed by atoms with E-state index < -0.39 is 0 Å². The largest absolute Gasteiger partial charge is 0.456 e. The van der Waals surface area contributed by atoms with Gasteiger partial charge in [0.15, 0.2) is 0 Å². The van der Waals surface area contributed by atoms with Gasteiger partial charge in [-0.25, -0.2) is 0 Å². The summed E-state index contributed by atoms with van der Waals surface area (Å²) >= 11 is 15.4. The molecule has 0 spiro atoms. The Kier molecular flexibility index (Phi) is 5.11. The maximum Gasteiger partial charge on any atom is 0.146 e. The molecular formula is C14H12BrCl2NO. The van der Waals surface area contributed by atoms with Gasteiger partial charge in [0.25, 0.3) is 0 Å². The SMILES string of the molecule is CNCc1ccc(Oc2ccc(Cl)cc2Cl)cc1Br. The molecule has 2 nitrogen and oxygen atoms in total. The van der Waals surface area contributed by atoms with Crippen LogP contribution in [0.2, 0.25) is 10.0 Å². The van der Waals surface area contributed by atoms with E-state index in [-0.39, 0.29) is 0 Å². The van der Waals surface area contributed by atoms with Crippen LogP contribution in [0.25, 0.3) is 0 Å². The van der Waals surface area contributed by atoms with Crippen molar-refractivity contribution in [2.75, 3.05) is 7.05 Å². The van der Waals surface area contributed by atoms with Gasteiger partial charge in [0.2, 0.25) is 0 Å². The molecular weight excluding hydrogens is 349 g/mol. The van der Waals surface area contributed by atoms with Gasteiger partial charge in [-0.3, -0.25) is 0 Å². The van der Waals surface area contributed by atoms with Gasteiger partial charge in [-0.05, 0) is 42.9 Å². The van der Waals surface area contributed by atoms with Crippen LogP contribution in [-0.2, 0) is 6.54 Å². The van der Waals surface area contributed by atoms with Gasteiger partial charge >= 0.3 is 0 Å². The van der Waals surface area contributed by atoms with Crippen LogP contribution in [0.3, 0.4) is 0 Å². The lowest BCUT2D eigenvalue weighted by Crippen LogP contribution is -2.05. The lowest BCUT2D eigenvalue weighted by atomic mass is 10.2. The molecule has 0 aliphatic rings. The van der Waals surface area contributed by atoms with E-state index >= 15 is 0 Å². The van der Waals surface area contributed by atoms with E-state index in [0.717, 1.165) is 22.3 Å². The molecule has 0 saturated heterocycles. The molecule has 5 heteroatoms. The fourth-order valence-corrected chi connectivity index (χ4v) is 2.56. The molecule has 0 amide bonds. The maximum atomic E-state index is 6.07. The Morgan fingerprint density at radius 3 is 2.58 bits per heavy atom. The van der Waals surface area contributed by atoms with Crippen LogP contribution in [0.15, 0.2) is 40.9 Å². The zero-order chi connectivity index (χ0) is 13.8. The third-order valence-corrected chi connectivity index (χ3v) is 3.78. The number of benzene rings is 2. The van der Waals surface area contributed by atoms with Crippen molar-refractivity contribution >= 4 is 39.1 Å². The van der Waals surface area contributed by atoms with Crippen LogP contribution in [0.5, 0.6) is 11.5 Å². The fourth-order valence-electron chi connectivity index (χ4n) is 1.61. The first-order chi connectivity index (χ1) is 9.10. The predicted octanol–water partition coefficient (Wildman–Crippen LogP) is 5.27. The second kappa shape index (κ2) is 6.62. The molecule has 0 fully saturated rings. The lowest BCUT2D eigenvalue weighted by molar-refractivity contribution is 0.482. The molecule has 2 rings (SSSR count). The first-order valence-electron chi connectivity index (χ1n) is 5.66. The van der Waals surface area contributed by atoms with Crippen molar-refractivity contribution in [3.63, 3.8) is 0 Å². The number of rotatable bonds is 4. The minimum atomic E-state index is 0.489. The van der Waals surface area contributed by atoms with E-state index in [1.54, 1.807) is 18.2 Å². The highest BCUT2D eigenvalue weighted by molar-refractivity contribution is 9.10. The van der Waals surface area contributed by atoms with E-state index in [0.29, 0.717) is 15.8 Å². The fraction of sp³-hybridized carbons (Fsp3) is 0.143. The number of nitrogens with one attached hydrogen (secondary N) is 1. The molecule has 0 radical (unpaired) electrons.